The van der Waals surface area contributed by atoms with E-state index in [0.717, 1.165) is 23.8 Å². The molecule has 2 aromatic heterocycles. The summed E-state index contributed by atoms with van der Waals surface area (Å²) in [5.41, 5.74) is 1.81. The van der Waals surface area contributed by atoms with Gasteiger partial charge in [0.25, 0.3) is 5.91 Å². The minimum Gasteiger partial charge on any atom is -0.481 e. The Morgan fingerprint density at radius 1 is 1.36 bits per heavy atom. The molecule has 0 bridgehead atoms. The summed E-state index contributed by atoms with van der Waals surface area (Å²) in [7, 11) is 1.89. The maximum atomic E-state index is 11.9. The first-order chi connectivity index (χ1) is 12.1. The molecule has 2 heterocycles. The van der Waals surface area contributed by atoms with Crippen LogP contribution in [-0.4, -0.2) is 33.8 Å². The lowest BCUT2D eigenvalue weighted by Crippen LogP contribution is -2.29. The molecule has 0 saturated heterocycles. The highest BCUT2D eigenvalue weighted by molar-refractivity contribution is 6.35. The van der Waals surface area contributed by atoms with E-state index in [4.69, 9.17) is 16.3 Å². The number of aryl methyl sites for hydroxylation is 2. The van der Waals surface area contributed by atoms with Gasteiger partial charge in [-0.1, -0.05) is 11.6 Å². The van der Waals surface area contributed by atoms with E-state index >= 15 is 0 Å². The van der Waals surface area contributed by atoms with Gasteiger partial charge < -0.3 is 10.1 Å². The van der Waals surface area contributed by atoms with Crippen LogP contribution in [0.15, 0.2) is 42.9 Å². The number of carbonyl (C=O) groups is 1. The van der Waals surface area contributed by atoms with E-state index in [2.05, 4.69) is 15.4 Å². The lowest BCUT2D eigenvalue weighted by atomic mass is 10.2. The van der Waals surface area contributed by atoms with Crippen LogP contribution in [0.3, 0.4) is 0 Å². The van der Waals surface area contributed by atoms with Crippen LogP contribution in [0.4, 0.5) is 0 Å². The molecule has 0 aliphatic rings. The zero-order valence-electron chi connectivity index (χ0n) is 13.9. The van der Waals surface area contributed by atoms with Crippen LogP contribution in [0.5, 0.6) is 5.75 Å². The Hall–Kier alpha value is -2.60. The minimum absolute atomic E-state index is 0.0554. The van der Waals surface area contributed by atoms with Gasteiger partial charge in [0.2, 0.25) is 0 Å². The number of hydrogen-bond donors (Lipinski definition) is 1. The van der Waals surface area contributed by atoms with Crippen LogP contribution in [0.2, 0.25) is 5.02 Å². The van der Waals surface area contributed by atoms with Crippen LogP contribution in [0.25, 0.3) is 10.9 Å². The third-order valence-electron chi connectivity index (χ3n) is 3.76. The molecular formula is C18H19ClN4O2. The van der Waals surface area contributed by atoms with E-state index < -0.39 is 0 Å². The van der Waals surface area contributed by atoms with Crippen LogP contribution in [-0.2, 0) is 18.3 Å². The van der Waals surface area contributed by atoms with Crippen molar-refractivity contribution in [2.24, 2.45) is 7.05 Å². The second kappa shape index (κ2) is 7.98. The number of halogens is 1. The molecule has 7 heteroatoms. The number of benzene rings is 1. The lowest BCUT2D eigenvalue weighted by molar-refractivity contribution is -0.123. The summed E-state index contributed by atoms with van der Waals surface area (Å²) in [5.74, 6) is 0.385. The molecule has 1 amide bonds. The van der Waals surface area contributed by atoms with Gasteiger partial charge in [-0.25, -0.2) is 0 Å². The van der Waals surface area contributed by atoms with Crippen molar-refractivity contribution in [2.45, 2.75) is 12.8 Å². The fourth-order valence-corrected chi connectivity index (χ4v) is 2.76. The Morgan fingerprint density at radius 2 is 2.24 bits per heavy atom. The van der Waals surface area contributed by atoms with Gasteiger partial charge in [0.1, 0.15) is 11.3 Å². The SMILES string of the molecule is Cn1cc(CCCNC(=O)COc2ccc(Cl)c3cccnc23)cn1. The van der Waals surface area contributed by atoms with Gasteiger partial charge >= 0.3 is 0 Å². The molecule has 1 N–H and O–H groups in total. The smallest absolute Gasteiger partial charge is 0.257 e. The van der Waals surface area contributed by atoms with Gasteiger partial charge in [0.05, 0.1) is 11.2 Å². The number of fused-ring (bicyclic) bond motifs is 1. The summed E-state index contributed by atoms with van der Waals surface area (Å²) < 4.78 is 7.38. The van der Waals surface area contributed by atoms with Crippen molar-refractivity contribution in [2.75, 3.05) is 13.2 Å². The van der Waals surface area contributed by atoms with E-state index in [1.54, 1.807) is 23.0 Å². The van der Waals surface area contributed by atoms with E-state index in [1.165, 1.54) is 0 Å². The van der Waals surface area contributed by atoms with Crippen molar-refractivity contribution >= 4 is 28.4 Å². The molecule has 3 aromatic rings. The molecule has 0 saturated carbocycles. The summed E-state index contributed by atoms with van der Waals surface area (Å²) in [6, 6.07) is 7.16. The summed E-state index contributed by atoms with van der Waals surface area (Å²) in [4.78, 5) is 16.2. The monoisotopic (exact) mass is 358 g/mol. The quantitative estimate of drug-likeness (QED) is 0.659. The van der Waals surface area contributed by atoms with Crippen molar-refractivity contribution in [3.8, 4) is 5.75 Å². The topological polar surface area (TPSA) is 69.0 Å². The highest BCUT2D eigenvalue weighted by Crippen LogP contribution is 2.29. The molecule has 25 heavy (non-hydrogen) atoms. The highest BCUT2D eigenvalue weighted by atomic mass is 35.5. The standard InChI is InChI=1S/C18H19ClN4O2/c1-23-11-13(10-22-23)4-2-8-20-17(24)12-25-16-7-6-15(19)14-5-3-9-21-18(14)16/h3,5-7,9-11H,2,4,8,12H2,1H3,(H,20,24). The van der Waals surface area contributed by atoms with E-state index in [9.17, 15) is 4.79 Å². The summed E-state index contributed by atoms with van der Waals surface area (Å²) in [6.07, 6.45) is 7.21. The maximum Gasteiger partial charge on any atom is 0.257 e. The molecule has 3 rings (SSSR count). The molecule has 0 aliphatic carbocycles. The van der Waals surface area contributed by atoms with E-state index in [0.29, 0.717) is 22.8 Å². The molecule has 0 atom stereocenters. The molecule has 6 nitrogen and oxygen atoms in total. The first-order valence-electron chi connectivity index (χ1n) is 8.04. The van der Waals surface area contributed by atoms with Gasteiger partial charge in [0, 0.05) is 31.4 Å². The molecule has 0 radical (unpaired) electrons. The van der Waals surface area contributed by atoms with Gasteiger partial charge in [-0.15, -0.1) is 0 Å². The summed E-state index contributed by atoms with van der Waals surface area (Å²) >= 11 is 6.15. The van der Waals surface area contributed by atoms with Crippen LogP contribution in [0.1, 0.15) is 12.0 Å². The number of hydrogen-bond acceptors (Lipinski definition) is 4. The van der Waals surface area contributed by atoms with Crippen molar-refractivity contribution in [1.82, 2.24) is 20.1 Å². The number of pyridine rings is 1. The first-order valence-corrected chi connectivity index (χ1v) is 8.41. The molecule has 0 spiro atoms. The Kier molecular flexibility index (Phi) is 5.50. The number of ether oxygens (including phenoxy) is 1. The van der Waals surface area contributed by atoms with Crippen molar-refractivity contribution < 1.29 is 9.53 Å². The molecule has 0 aliphatic heterocycles. The second-order valence-electron chi connectivity index (χ2n) is 5.71. The van der Waals surface area contributed by atoms with Crippen molar-refractivity contribution in [3.63, 3.8) is 0 Å². The third kappa shape index (κ3) is 4.48. The Morgan fingerprint density at radius 3 is 3.04 bits per heavy atom. The average molecular weight is 359 g/mol. The lowest BCUT2D eigenvalue weighted by Gasteiger charge is -2.10. The maximum absolute atomic E-state index is 11.9. The van der Waals surface area contributed by atoms with Crippen LogP contribution < -0.4 is 10.1 Å². The Balaban J connectivity index is 1.47. The molecule has 130 valence electrons. The molecule has 1 aromatic carbocycles. The van der Waals surface area contributed by atoms with Gasteiger partial charge in [-0.05, 0) is 42.7 Å². The zero-order valence-corrected chi connectivity index (χ0v) is 14.7. The van der Waals surface area contributed by atoms with E-state index in [-0.39, 0.29) is 12.5 Å². The van der Waals surface area contributed by atoms with Gasteiger partial charge in [0.15, 0.2) is 6.61 Å². The predicted molar refractivity (Wildman–Crippen MR) is 96.8 cm³/mol. The number of carbonyl (C=O) groups excluding carboxylic acids is 1. The third-order valence-corrected chi connectivity index (χ3v) is 4.09. The first kappa shape index (κ1) is 17.2. The number of nitrogens with zero attached hydrogens (tertiary/aromatic N) is 3. The van der Waals surface area contributed by atoms with Crippen molar-refractivity contribution in [3.05, 3.63) is 53.4 Å². The Bertz CT molecular complexity index is 878. The predicted octanol–water partition coefficient (Wildman–Crippen LogP) is 2.75. The summed E-state index contributed by atoms with van der Waals surface area (Å²) in [5, 5.41) is 8.38. The largest absolute Gasteiger partial charge is 0.481 e. The fourth-order valence-electron chi connectivity index (χ4n) is 2.54. The van der Waals surface area contributed by atoms with Crippen molar-refractivity contribution in [1.29, 1.82) is 0 Å². The minimum atomic E-state index is -0.162. The number of rotatable bonds is 7. The molecular weight excluding hydrogens is 340 g/mol. The fraction of sp³-hybridized carbons (Fsp3) is 0.278. The van der Waals surface area contributed by atoms with Gasteiger partial charge in [-0.2, -0.15) is 5.10 Å². The van der Waals surface area contributed by atoms with Crippen LogP contribution in [0, 0.1) is 0 Å². The number of nitrogens with one attached hydrogen (secondary N) is 1. The molecule has 0 fully saturated rings. The van der Waals surface area contributed by atoms with Gasteiger partial charge in [-0.3, -0.25) is 14.5 Å². The number of aromatic nitrogens is 3. The summed E-state index contributed by atoms with van der Waals surface area (Å²) in [6.45, 7) is 0.539. The second-order valence-corrected chi connectivity index (χ2v) is 6.12. The normalized spacial score (nSPS) is 10.8. The Labute approximate surface area is 150 Å². The average Bonchev–Trinajstić information content (AvgIpc) is 3.04. The zero-order chi connectivity index (χ0) is 17.6. The van der Waals surface area contributed by atoms with E-state index in [1.807, 2.05) is 31.6 Å². The molecule has 0 unspecified atom stereocenters. The van der Waals surface area contributed by atoms with Crippen LogP contribution >= 0.6 is 11.6 Å². The number of amides is 1. The highest BCUT2D eigenvalue weighted by Gasteiger charge is 2.09.